The number of carbonyl (C=O) groups is 2. The zero-order valence-electron chi connectivity index (χ0n) is 22.9. The Hall–Kier alpha value is -5.67. The lowest BCUT2D eigenvalue weighted by atomic mass is 9.95. The molecule has 0 aromatic heterocycles. The van der Waals surface area contributed by atoms with Gasteiger partial charge in [-0.25, -0.2) is 0 Å². The molecule has 0 spiro atoms. The summed E-state index contributed by atoms with van der Waals surface area (Å²) in [7, 11) is 1.60. The Morgan fingerprint density at radius 2 is 1.07 bits per heavy atom. The summed E-state index contributed by atoms with van der Waals surface area (Å²) in [6, 6.07) is 37.4. The van der Waals surface area contributed by atoms with Crippen molar-refractivity contribution in [2.75, 3.05) is 7.11 Å². The Morgan fingerprint density at radius 3 is 1.50 bits per heavy atom. The molecule has 0 unspecified atom stereocenters. The van der Waals surface area contributed by atoms with Crippen molar-refractivity contribution < 1.29 is 23.8 Å². The van der Waals surface area contributed by atoms with Gasteiger partial charge in [0.1, 0.15) is 30.5 Å². The monoisotopic (exact) mass is 553 g/mol. The third kappa shape index (κ3) is 6.55. The van der Waals surface area contributed by atoms with Gasteiger partial charge >= 0.3 is 0 Å². The van der Waals surface area contributed by atoms with Gasteiger partial charge in [0.05, 0.1) is 29.9 Å². The first-order valence-electron chi connectivity index (χ1n) is 13.3. The second-order valence-electron chi connectivity index (χ2n) is 9.47. The van der Waals surface area contributed by atoms with Crippen LogP contribution in [0.25, 0.3) is 0 Å². The number of rotatable bonds is 11. The summed E-state index contributed by atoms with van der Waals surface area (Å²) < 4.78 is 17.7. The minimum absolute atomic E-state index is 0.144. The smallest absolute Gasteiger partial charge is 0.196 e. The second-order valence-corrected chi connectivity index (χ2v) is 9.47. The molecule has 0 aliphatic carbocycles. The van der Waals surface area contributed by atoms with Crippen molar-refractivity contribution in [2.24, 2.45) is 0 Å². The minimum atomic E-state index is -0.283. The molecule has 0 bridgehead atoms. The van der Waals surface area contributed by atoms with E-state index < -0.39 is 0 Å². The number of ketones is 2. The molecule has 0 radical (unpaired) electrons. The Bertz CT molecular complexity index is 1720. The van der Waals surface area contributed by atoms with Crippen molar-refractivity contribution >= 4 is 11.6 Å². The van der Waals surface area contributed by atoms with Crippen LogP contribution in [0.5, 0.6) is 17.2 Å². The summed E-state index contributed by atoms with van der Waals surface area (Å²) in [6.07, 6.45) is 0. The lowest BCUT2D eigenvalue weighted by Gasteiger charge is -2.17. The van der Waals surface area contributed by atoms with Gasteiger partial charge in [-0.3, -0.25) is 9.59 Å². The van der Waals surface area contributed by atoms with Gasteiger partial charge in [-0.1, -0.05) is 84.9 Å². The van der Waals surface area contributed by atoms with Crippen LogP contribution in [0.1, 0.15) is 48.5 Å². The lowest BCUT2D eigenvalue weighted by molar-refractivity contribution is 0.103. The third-order valence-corrected chi connectivity index (χ3v) is 6.67. The normalized spacial score (nSPS) is 10.4. The highest BCUT2D eigenvalue weighted by Crippen LogP contribution is 2.34. The van der Waals surface area contributed by atoms with E-state index in [0.717, 1.165) is 16.9 Å². The molecule has 0 atom stereocenters. The predicted molar refractivity (Wildman–Crippen MR) is 159 cm³/mol. The van der Waals surface area contributed by atoms with E-state index in [1.54, 1.807) is 92.0 Å². The van der Waals surface area contributed by atoms with Gasteiger partial charge in [-0.05, 0) is 41.5 Å². The van der Waals surface area contributed by atoms with E-state index >= 15 is 0 Å². The molecule has 6 nitrogen and oxygen atoms in total. The number of methoxy groups -OCH3 is 1. The Kier molecular flexibility index (Phi) is 8.71. The van der Waals surface area contributed by atoms with Crippen LogP contribution in [0.4, 0.5) is 0 Å². The fourth-order valence-electron chi connectivity index (χ4n) is 4.36. The summed E-state index contributed by atoms with van der Waals surface area (Å²) in [5.74, 6) is 0.734. The van der Waals surface area contributed by atoms with Crippen LogP contribution in [0.2, 0.25) is 0 Å². The van der Waals surface area contributed by atoms with Crippen LogP contribution >= 0.6 is 0 Å². The molecular formula is C36H27NO5. The second kappa shape index (κ2) is 13.1. The standard InChI is InChI=1S/C36H27NO5/c1-40-30-18-16-27(17-19-30)24-42-34-21-33(41-23-26-14-12-25(22-37)13-15-26)31(35(38)28-8-4-2-5-9-28)20-32(34)36(39)29-10-6-3-7-11-29/h2-21H,23-24H2,1H3. The average Bonchev–Trinajstić information content (AvgIpc) is 3.06. The van der Waals surface area contributed by atoms with Crippen molar-refractivity contribution in [1.82, 2.24) is 0 Å². The highest BCUT2D eigenvalue weighted by Gasteiger charge is 2.23. The van der Waals surface area contributed by atoms with Gasteiger partial charge in [-0.2, -0.15) is 5.26 Å². The Labute approximate surface area is 244 Å². The van der Waals surface area contributed by atoms with Crippen LogP contribution in [0, 0.1) is 11.3 Å². The van der Waals surface area contributed by atoms with Crippen LogP contribution in [-0.4, -0.2) is 18.7 Å². The van der Waals surface area contributed by atoms with Crippen molar-refractivity contribution in [3.05, 3.63) is 160 Å². The first-order valence-corrected chi connectivity index (χ1v) is 13.3. The minimum Gasteiger partial charge on any atom is -0.497 e. The van der Waals surface area contributed by atoms with Gasteiger partial charge in [0.25, 0.3) is 0 Å². The number of hydrogen-bond donors (Lipinski definition) is 0. The number of ether oxygens (including phenoxy) is 3. The van der Waals surface area contributed by atoms with E-state index in [1.165, 1.54) is 0 Å². The molecule has 0 fully saturated rings. The molecular weight excluding hydrogens is 526 g/mol. The van der Waals surface area contributed by atoms with Gasteiger partial charge in [-0.15, -0.1) is 0 Å². The molecule has 5 aromatic carbocycles. The van der Waals surface area contributed by atoms with Crippen LogP contribution in [0.3, 0.4) is 0 Å². The molecule has 5 rings (SSSR count). The maximum absolute atomic E-state index is 13.7. The van der Waals surface area contributed by atoms with Gasteiger partial charge in [0.2, 0.25) is 0 Å². The molecule has 0 saturated heterocycles. The summed E-state index contributed by atoms with van der Waals surface area (Å²) in [4.78, 5) is 27.5. The van der Waals surface area contributed by atoms with Crippen molar-refractivity contribution in [2.45, 2.75) is 13.2 Å². The number of carbonyl (C=O) groups excluding carboxylic acids is 2. The van der Waals surface area contributed by atoms with Crippen molar-refractivity contribution in [3.8, 4) is 23.3 Å². The maximum atomic E-state index is 13.7. The molecule has 6 heteroatoms. The third-order valence-electron chi connectivity index (χ3n) is 6.67. The highest BCUT2D eigenvalue weighted by atomic mass is 16.5. The van der Waals surface area contributed by atoms with Gasteiger partial charge in [0.15, 0.2) is 11.6 Å². The van der Waals surface area contributed by atoms with E-state index in [2.05, 4.69) is 6.07 Å². The highest BCUT2D eigenvalue weighted by molar-refractivity contribution is 6.15. The predicted octanol–water partition coefficient (Wildman–Crippen LogP) is 7.19. The fraction of sp³-hybridized carbons (Fsp3) is 0.0833. The molecule has 0 aliphatic heterocycles. The summed E-state index contributed by atoms with van der Waals surface area (Å²) in [5.41, 5.74) is 3.65. The molecule has 0 N–H and O–H groups in total. The maximum Gasteiger partial charge on any atom is 0.196 e. The zero-order valence-corrected chi connectivity index (χ0v) is 22.9. The summed E-state index contributed by atoms with van der Waals surface area (Å²) in [5, 5.41) is 9.12. The average molecular weight is 554 g/mol. The zero-order chi connectivity index (χ0) is 29.3. The van der Waals surface area contributed by atoms with Crippen LogP contribution in [-0.2, 0) is 13.2 Å². The first kappa shape index (κ1) is 27.9. The fourth-order valence-corrected chi connectivity index (χ4v) is 4.36. The Morgan fingerprint density at radius 1 is 0.619 bits per heavy atom. The molecule has 206 valence electrons. The molecule has 0 amide bonds. The van der Waals surface area contributed by atoms with E-state index in [4.69, 9.17) is 19.5 Å². The van der Waals surface area contributed by atoms with E-state index in [9.17, 15) is 9.59 Å². The molecule has 0 heterocycles. The number of nitriles is 1. The van der Waals surface area contributed by atoms with Crippen molar-refractivity contribution in [3.63, 3.8) is 0 Å². The van der Waals surface area contributed by atoms with Gasteiger partial charge < -0.3 is 14.2 Å². The Balaban J connectivity index is 1.56. The summed E-state index contributed by atoms with van der Waals surface area (Å²) in [6.45, 7) is 0.324. The van der Waals surface area contributed by atoms with Crippen molar-refractivity contribution in [1.29, 1.82) is 5.26 Å². The van der Waals surface area contributed by atoms with E-state index in [0.29, 0.717) is 22.4 Å². The van der Waals surface area contributed by atoms with Crippen LogP contribution in [0.15, 0.2) is 121 Å². The number of hydrogen-bond acceptors (Lipinski definition) is 6. The molecule has 0 aliphatic rings. The lowest BCUT2D eigenvalue weighted by Crippen LogP contribution is -2.11. The van der Waals surface area contributed by atoms with E-state index in [-0.39, 0.29) is 41.7 Å². The molecule has 5 aromatic rings. The molecule has 42 heavy (non-hydrogen) atoms. The largest absolute Gasteiger partial charge is 0.497 e. The number of nitrogens with zero attached hydrogens (tertiary/aromatic N) is 1. The number of benzene rings is 5. The van der Waals surface area contributed by atoms with Crippen LogP contribution < -0.4 is 14.2 Å². The topological polar surface area (TPSA) is 85.6 Å². The SMILES string of the molecule is COc1ccc(COc2cc(OCc3ccc(C#N)cc3)c(C(=O)c3ccccc3)cc2C(=O)c2ccccc2)cc1. The quantitative estimate of drug-likeness (QED) is 0.161. The first-order chi connectivity index (χ1) is 20.6. The molecule has 0 saturated carbocycles. The van der Waals surface area contributed by atoms with Gasteiger partial charge in [0, 0.05) is 17.2 Å². The summed E-state index contributed by atoms with van der Waals surface area (Å²) >= 11 is 0. The van der Waals surface area contributed by atoms with E-state index in [1.807, 2.05) is 36.4 Å².